The van der Waals surface area contributed by atoms with Crippen molar-refractivity contribution in [2.75, 3.05) is 107 Å². The molecule has 0 aliphatic carbocycles. The minimum atomic E-state index is -0.896. The van der Waals surface area contributed by atoms with Crippen LogP contribution >= 0.6 is 0 Å². The van der Waals surface area contributed by atoms with Gasteiger partial charge < -0.3 is 82.3 Å². The number of carbonyl (C=O) groups is 8. The lowest BCUT2D eigenvalue weighted by Crippen LogP contribution is -2.46. The Morgan fingerprint density at radius 1 is 0.438 bits per heavy atom. The van der Waals surface area contributed by atoms with Crippen LogP contribution in [-0.2, 0) is 57.3 Å². The summed E-state index contributed by atoms with van der Waals surface area (Å²) < 4.78 is 19.9. The monoisotopic (exact) mass is 1490 g/mol. The number of hydrogen-bond donors (Lipinski definition) is 12. The lowest BCUT2D eigenvalue weighted by molar-refractivity contribution is -0.160. The maximum Gasteiger partial charge on any atom is 0.311 e. The first kappa shape index (κ1) is 105. The number of unbranched alkanes of at least 4 members (excludes halogenated alkanes) is 1. The van der Waals surface area contributed by atoms with Crippen LogP contribution in [0, 0.1) is 44.3 Å². The molecule has 0 bridgehead atoms. The lowest BCUT2D eigenvalue weighted by Gasteiger charge is -2.34. The fourth-order valence-corrected chi connectivity index (χ4v) is 10.9. The van der Waals surface area contributed by atoms with Gasteiger partial charge in [-0.15, -0.1) is 0 Å². The molecule has 0 saturated heterocycles. The van der Waals surface area contributed by atoms with Crippen LogP contribution in [0.4, 0.5) is 0 Å². The van der Waals surface area contributed by atoms with E-state index in [1.165, 1.54) is 32.5 Å². The van der Waals surface area contributed by atoms with Gasteiger partial charge in [0.05, 0.1) is 89.7 Å². The van der Waals surface area contributed by atoms with Crippen LogP contribution in [0.25, 0.3) is 0 Å². The molecule has 2 rings (SSSR count). The summed E-state index contributed by atoms with van der Waals surface area (Å²) >= 11 is 0. The van der Waals surface area contributed by atoms with Gasteiger partial charge >= 0.3 is 23.9 Å². The highest BCUT2D eigenvalue weighted by Gasteiger charge is 2.43. The van der Waals surface area contributed by atoms with Crippen molar-refractivity contribution in [1.29, 1.82) is 0 Å². The molecule has 606 valence electrons. The summed E-state index contributed by atoms with van der Waals surface area (Å²) in [4.78, 5) is 98.0. The zero-order valence-corrected chi connectivity index (χ0v) is 67.6. The third-order valence-corrected chi connectivity index (χ3v) is 18.3. The van der Waals surface area contributed by atoms with E-state index >= 15 is 0 Å². The topological polar surface area (TPSA) is 395 Å². The Morgan fingerprint density at radius 3 is 1.17 bits per heavy atom. The van der Waals surface area contributed by atoms with Gasteiger partial charge in [-0.3, -0.25) is 38.4 Å². The van der Waals surface area contributed by atoms with E-state index in [0.29, 0.717) is 50.9 Å². The smallest absolute Gasteiger partial charge is 0.311 e. The predicted octanol–water partition coefficient (Wildman–Crippen LogP) is 9.69. The molecule has 0 aliphatic rings. The third-order valence-electron chi connectivity index (χ3n) is 18.3. The molecule has 24 heteroatoms. The molecule has 14 N–H and O–H groups in total. The van der Waals surface area contributed by atoms with Crippen molar-refractivity contribution in [3.63, 3.8) is 0 Å². The van der Waals surface area contributed by atoms with Crippen LogP contribution in [0.3, 0.4) is 0 Å². The molecule has 0 fully saturated rings. The predicted molar refractivity (Wildman–Crippen MR) is 417 cm³/mol. The van der Waals surface area contributed by atoms with Crippen LogP contribution in [0.15, 0.2) is 85.0 Å². The molecule has 0 radical (unpaired) electrons. The summed E-state index contributed by atoms with van der Waals surface area (Å²) in [6, 6.07) is 21.3. The average Bonchev–Trinajstić information content (AvgIpc) is 0.824. The molecule has 0 heterocycles. The molecular formula is C81H144N6O18. The molecule has 0 spiro atoms. The number of carbonyl (C=O) groups excluding carboxylic acids is 8. The molecule has 0 aromatic heterocycles. The Morgan fingerprint density at radius 2 is 0.800 bits per heavy atom. The lowest BCUT2D eigenvalue weighted by atomic mass is 9.72. The first-order valence-corrected chi connectivity index (χ1v) is 37.5. The minimum Gasteiger partial charge on any atom is -0.469 e. The Bertz CT molecular complexity index is 2690. The van der Waals surface area contributed by atoms with Crippen molar-refractivity contribution in [3.8, 4) is 0 Å². The maximum atomic E-state index is 12.7. The molecule has 0 saturated carbocycles. The van der Waals surface area contributed by atoms with E-state index in [-0.39, 0.29) is 126 Å². The van der Waals surface area contributed by atoms with Crippen LogP contribution in [0.5, 0.6) is 0 Å². The number of nitrogens with two attached hydrogens (primary N) is 2. The van der Waals surface area contributed by atoms with Crippen molar-refractivity contribution in [3.05, 3.63) is 96.1 Å². The summed E-state index contributed by atoms with van der Waals surface area (Å²) in [5, 5.41) is 61.8. The molecule has 2 aromatic rings. The van der Waals surface area contributed by atoms with E-state index in [1.807, 2.05) is 48.5 Å². The highest BCUT2D eigenvalue weighted by molar-refractivity contribution is 5.86. The number of esters is 4. The molecule has 4 amide bonds. The molecule has 6 atom stereocenters. The van der Waals surface area contributed by atoms with Gasteiger partial charge in [0.1, 0.15) is 0 Å². The Hall–Kier alpha value is -6.64. The molecular weight excluding hydrogens is 1340 g/mol. The number of aliphatic hydroxyl groups excluding tert-OH is 6. The van der Waals surface area contributed by atoms with Crippen LogP contribution in [0.2, 0.25) is 0 Å². The molecule has 105 heavy (non-hydrogen) atoms. The van der Waals surface area contributed by atoms with Crippen molar-refractivity contribution in [2.45, 2.75) is 218 Å². The fraction of sp³-hybridized carbons (Fsp3) is 0.704. The molecule has 2 aromatic carbocycles. The van der Waals surface area contributed by atoms with Gasteiger partial charge in [-0.05, 0) is 154 Å². The van der Waals surface area contributed by atoms with Gasteiger partial charge in [0.15, 0.2) is 0 Å². The van der Waals surface area contributed by atoms with Gasteiger partial charge in [0, 0.05) is 61.4 Å². The van der Waals surface area contributed by atoms with E-state index in [0.717, 1.165) is 64.2 Å². The second kappa shape index (κ2) is 60.4. The summed E-state index contributed by atoms with van der Waals surface area (Å²) in [6.07, 6.45) is 20.3. The first-order valence-electron chi connectivity index (χ1n) is 37.5. The van der Waals surface area contributed by atoms with Crippen molar-refractivity contribution in [2.24, 2.45) is 55.8 Å². The van der Waals surface area contributed by atoms with Crippen LogP contribution in [0.1, 0.15) is 230 Å². The zero-order valence-electron chi connectivity index (χ0n) is 67.6. The molecule has 0 aliphatic heterocycles. The normalized spacial score (nSPS) is 13.6. The summed E-state index contributed by atoms with van der Waals surface area (Å²) in [7, 11) is 4.11. The number of allylic oxidation sites excluding steroid dienone is 4. The summed E-state index contributed by atoms with van der Waals surface area (Å²) in [5.74, 6) is -2.21. The quantitative estimate of drug-likeness (QED) is 0.0127. The Balaban J connectivity index is -0.000000626. The van der Waals surface area contributed by atoms with E-state index in [9.17, 15) is 38.4 Å². The number of ether oxygens (including phenoxy) is 4. The highest BCUT2D eigenvalue weighted by Crippen LogP contribution is 2.39. The fourth-order valence-electron chi connectivity index (χ4n) is 10.9. The number of rotatable bonds is 45. The van der Waals surface area contributed by atoms with Gasteiger partial charge in [-0.1, -0.05) is 161 Å². The second-order valence-corrected chi connectivity index (χ2v) is 29.1. The minimum absolute atomic E-state index is 0.00988. The number of nitrogens with one attached hydrogen (secondary N) is 4. The van der Waals surface area contributed by atoms with Crippen LogP contribution < -0.4 is 32.7 Å². The number of aliphatic hydroxyl groups is 6. The Labute approximate surface area is 631 Å². The second-order valence-electron chi connectivity index (χ2n) is 29.1. The van der Waals surface area contributed by atoms with E-state index < -0.39 is 50.3 Å². The van der Waals surface area contributed by atoms with Gasteiger partial charge in [-0.25, -0.2) is 0 Å². The summed E-state index contributed by atoms with van der Waals surface area (Å²) in [6.45, 7) is 29.7. The Kier molecular flexibility index (Phi) is 60.2. The van der Waals surface area contributed by atoms with Gasteiger partial charge in [-0.2, -0.15) is 0 Å². The number of amides is 4. The van der Waals surface area contributed by atoms with Crippen molar-refractivity contribution in [1.82, 2.24) is 21.3 Å². The SMILES string of the molecule is CCC(C)(CC(CC(C)(C)C(=O)NCCO)C(=O)NCCO)C(=O)NCCO.CCC(C/C=C/CCC(C)(C)C(=O)NCCO)c1ccccc1.CCC(C/C=C/CCC(C)(C)C(=O)OC)c1ccccc1.CCCCOC(=O)C(CC(C)(C)C(=O)OC)CC(C)(CC)C(=O)OC.NCCO.NCCO. The number of benzene rings is 2. The highest BCUT2D eigenvalue weighted by atomic mass is 16.5. The first-order chi connectivity index (χ1) is 49.5. The van der Waals surface area contributed by atoms with Crippen molar-refractivity contribution >= 4 is 47.5 Å². The standard InChI is InChI=1S/C20H31NO2.C19H37N3O6.C19H34O6.C19H28O2.2C2H7NO/c1-4-17(18-12-7-5-8-13-18)11-9-6-10-14-20(2,3)19(23)21-15-16-22;1-5-19(4,17(28)22-8-11-25)13-14(15(26)20-6-9-23)12-18(2,3)16(27)21-7-10-24;1-8-10-11-25-15(20)14(12-18(3,4)16(21)23-6)13-19(5,9-2)17(22)24-7;1-5-16(17-13-8-6-9-14-17)12-10-7-11-15-19(2,3)18(20)21-4;2*3-1-2-4/h5-9,12-13,17,22H,4,10-11,14-16H2,1-3H3,(H,21,23);14,23-25H,5-13H2,1-4H3,(H,20,26)(H,21,27)(H,22,28);14H,8-13H2,1-7H3;6-10,13-14,16H,5,11-12,15H2,1-4H3;2*4H,1-3H2/b9-6+;;;10-7+;;. The zero-order chi connectivity index (χ0) is 81.1. The average molecular weight is 1490 g/mol. The van der Waals surface area contributed by atoms with E-state index in [4.69, 9.17) is 61.1 Å². The van der Waals surface area contributed by atoms with Gasteiger partial charge in [0.25, 0.3) is 0 Å². The molecule has 24 nitrogen and oxygen atoms in total. The van der Waals surface area contributed by atoms with E-state index in [1.54, 1.807) is 41.5 Å². The largest absolute Gasteiger partial charge is 0.469 e. The maximum absolute atomic E-state index is 12.7. The number of methoxy groups -OCH3 is 3. The molecule has 6 unspecified atom stereocenters. The van der Waals surface area contributed by atoms with E-state index in [2.05, 4.69) is 120 Å². The van der Waals surface area contributed by atoms with Crippen LogP contribution in [-0.4, -0.2) is 185 Å². The van der Waals surface area contributed by atoms with Crippen molar-refractivity contribution < 1.29 is 87.9 Å². The van der Waals surface area contributed by atoms with Gasteiger partial charge in [0.2, 0.25) is 23.6 Å². The summed E-state index contributed by atoms with van der Waals surface area (Å²) in [5.41, 5.74) is 8.14. The number of hydrogen-bond acceptors (Lipinski definition) is 20. The third kappa shape index (κ3) is 46.2.